The van der Waals surface area contributed by atoms with Gasteiger partial charge in [-0.1, -0.05) is 13.8 Å². The molecule has 1 rings (SSSR count). The number of nitrogens with zero attached hydrogens (tertiary/aromatic N) is 1. The molecule has 0 amide bonds. The first kappa shape index (κ1) is 14.4. The summed E-state index contributed by atoms with van der Waals surface area (Å²) >= 11 is 0. The molecule has 0 saturated carbocycles. The number of benzene rings is 1. The smallest absolute Gasteiger partial charge is 0.337 e. The predicted molar refractivity (Wildman–Crippen MR) is 75.0 cm³/mol. The van der Waals surface area contributed by atoms with Crippen molar-refractivity contribution in [2.24, 2.45) is 0 Å². The number of methoxy groups -OCH3 is 1. The van der Waals surface area contributed by atoms with Gasteiger partial charge in [0.25, 0.3) is 0 Å². The number of hydrogen-bond acceptors (Lipinski definition) is 4. The zero-order valence-electron chi connectivity index (χ0n) is 11.6. The zero-order chi connectivity index (χ0) is 13.7. The van der Waals surface area contributed by atoms with Crippen molar-refractivity contribution < 1.29 is 9.53 Å². The normalized spacial score (nSPS) is 10.5. The second-order valence-corrected chi connectivity index (χ2v) is 4.35. The molecule has 4 heteroatoms. The lowest BCUT2D eigenvalue weighted by molar-refractivity contribution is 0.0601. The topological polar surface area (TPSA) is 55.6 Å². The summed E-state index contributed by atoms with van der Waals surface area (Å²) in [5.74, 6) is -0.363. The molecular formula is C14H22N2O2. The van der Waals surface area contributed by atoms with Crippen LogP contribution in [-0.4, -0.2) is 26.2 Å². The van der Waals surface area contributed by atoms with Gasteiger partial charge in [0.15, 0.2) is 0 Å². The number of ether oxygens (including phenoxy) is 1. The van der Waals surface area contributed by atoms with E-state index < -0.39 is 0 Å². The fourth-order valence-electron chi connectivity index (χ4n) is 2.15. The predicted octanol–water partition coefficient (Wildman–Crippen LogP) is 2.68. The molecule has 1 aromatic carbocycles. The minimum absolute atomic E-state index is 0.363. The van der Waals surface area contributed by atoms with Crippen molar-refractivity contribution in [1.29, 1.82) is 0 Å². The van der Waals surface area contributed by atoms with Crippen LogP contribution >= 0.6 is 0 Å². The molecule has 0 spiro atoms. The number of nitrogen functional groups attached to an aromatic ring is 1. The van der Waals surface area contributed by atoms with Gasteiger partial charge < -0.3 is 15.4 Å². The molecule has 0 atom stereocenters. The van der Waals surface area contributed by atoms with E-state index in [1.54, 1.807) is 12.1 Å². The molecule has 0 aliphatic heterocycles. The number of carbonyl (C=O) groups is 1. The largest absolute Gasteiger partial charge is 0.465 e. The van der Waals surface area contributed by atoms with Gasteiger partial charge in [0, 0.05) is 13.1 Å². The van der Waals surface area contributed by atoms with Crippen LogP contribution in [0.15, 0.2) is 18.2 Å². The highest BCUT2D eigenvalue weighted by Crippen LogP contribution is 2.26. The molecular weight excluding hydrogens is 228 g/mol. The van der Waals surface area contributed by atoms with Crippen LogP contribution in [0.2, 0.25) is 0 Å². The van der Waals surface area contributed by atoms with E-state index in [1.807, 2.05) is 13.1 Å². The highest BCUT2D eigenvalue weighted by molar-refractivity contribution is 5.91. The van der Waals surface area contributed by atoms with Crippen LogP contribution < -0.4 is 10.6 Å². The Labute approximate surface area is 109 Å². The molecule has 0 unspecified atom stereocenters. The summed E-state index contributed by atoms with van der Waals surface area (Å²) in [5, 5.41) is 0. The van der Waals surface area contributed by atoms with E-state index in [1.165, 1.54) is 7.11 Å². The Bertz CT molecular complexity index is 414. The van der Waals surface area contributed by atoms with Gasteiger partial charge in [0.05, 0.1) is 24.0 Å². The second-order valence-electron chi connectivity index (χ2n) is 4.35. The molecule has 2 N–H and O–H groups in total. The fraction of sp³-hybridized carbons (Fsp3) is 0.500. The van der Waals surface area contributed by atoms with Crippen LogP contribution in [0.4, 0.5) is 11.4 Å². The highest BCUT2D eigenvalue weighted by Gasteiger charge is 2.15. The van der Waals surface area contributed by atoms with E-state index >= 15 is 0 Å². The summed E-state index contributed by atoms with van der Waals surface area (Å²) in [6, 6.07) is 5.74. The number of nitrogens with two attached hydrogens (primary N) is 1. The quantitative estimate of drug-likeness (QED) is 0.645. The molecule has 0 bridgehead atoms. The lowest BCUT2D eigenvalue weighted by Crippen LogP contribution is -2.31. The molecule has 1 aromatic rings. The average Bonchev–Trinajstić information content (AvgIpc) is 2.38. The molecule has 0 aliphatic rings. The molecule has 0 radical (unpaired) electrons. The Hall–Kier alpha value is -1.71. The van der Waals surface area contributed by atoms with Crippen LogP contribution in [0.25, 0.3) is 0 Å². The fourth-order valence-corrected chi connectivity index (χ4v) is 2.15. The van der Waals surface area contributed by atoms with E-state index in [2.05, 4.69) is 23.5 Å². The van der Waals surface area contributed by atoms with Gasteiger partial charge in [-0.15, -0.1) is 0 Å². The lowest BCUT2D eigenvalue weighted by Gasteiger charge is -2.29. The van der Waals surface area contributed by atoms with Gasteiger partial charge in [-0.25, -0.2) is 4.79 Å². The maximum absolute atomic E-state index is 11.4. The van der Waals surface area contributed by atoms with Crippen molar-refractivity contribution in [3.8, 4) is 0 Å². The Balaban J connectivity index is 3.01. The van der Waals surface area contributed by atoms with Crippen molar-refractivity contribution in [3.05, 3.63) is 23.8 Å². The Morgan fingerprint density at radius 1 is 1.39 bits per heavy atom. The zero-order valence-corrected chi connectivity index (χ0v) is 11.6. The van der Waals surface area contributed by atoms with E-state index in [4.69, 9.17) is 5.73 Å². The van der Waals surface area contributed by atoms with Gasteiger partial charge >= 0.3 is 5.97 Å². The molecule has 0 aromatic heterocycles. The number of rotatable bonds is 5. The number of hydrogen-bond donors (Lipinski definition) is 1. The van der Waals surface area contributed by atoms with E-state index in [9.17, 15) is 4.79 Å². The Kier molecular flexibility index (Phi) is 5.01. The van der Waals surface area contributed by atoms with Crippen LogP contribution in [-0.2, 0) is 4.74 Å². The van der Waals surface area contributed by atoms with Gasteiger partial charge in [-0.2, -0.15) is 0 Å². The maximum atomic E-state index is 11.4. The third-order valence-electron chi connectivity index (χ3n) is 3.32. The van der Waals surface area contributed by atoms with Gasteiger partial charge in [-0.05, 0) is 31.0 Å². The van der Waals surface area contributed by atoms with Crippen LogP contribution in [0.5, 0.6) is 0 Å². The minimum atomic E-state index is -0.363. The first-order valence-electron chi connectivity index (χ1n) is 6.25. The second kappa shape index (κ2) is 6.28. The minimum Gasteiger partial charge on any atom is -0.465 e. The number of esters is 1. The molecule has 18 heavy (non-hydrogen) atoms. The monoisotopic (exact) mass is 250 g/mol. The van der Waals surface area contributed by atoms with Crippen LogP contribution in [0.1, 0.15) is 37.0 Å². The van der Waals surface area contributed by atoms with Crippen molar-refractivity contribution in [1.82, 2.24) is 0 Å². The first-order chi connectivity index (χ1) is 8.54. The average molecular weight is 250 g/mol. The summed E-state index contributed by atoms with van der Waals surface area (Å²) in [6.07, 6.45) is 2.12. The van der Waals surface area contributed by atoms with Gasteiger partial charge in [-0.3, -0.25) is 0 Å². The maximum Gasteiger partial charge on any atom is 0.337 e. The third kappa shape index (κ3) is 2.94. The van der Waals surface area contributed by atoms with Crippen LogP contribution in [0, 0.1) is 0 Å². The summed E-state index contributed by atoms with van der Waals surface area (Å²) in [4.78, 5) is 13.6. The lowest BCUT2D eigenvalue weighted by atomic mass is 10.1. The summed E-state index contributed by atoms with van der Waals surface area (Å²) < 4.78 is 4.67. The van der Waals surface area contributed by atoms with Crippen molar-refractivity contribution in [2.75, 3.05) is 24.8 Å². The number of carbonyl (C=O) groups excluding carboxylic acids is 1. The molecule has 0 aliphatic carbocycles. The van der Waals surface area contributed by atoms with E-state index in [0.29, 0.717) is 17.3 Å². The molecule has 0 saturated heterocycles. The van der Waals surface area contributed by atoms with Crippen molar-refractivity contribution in [2.45, 2.75) is 32.7 Å². The van der Waals surface area contributed by atoms with Crippen molar-refractivity contribution in [3.63, 3.8) is 0 Å². The SMILES string of the molecule is CCC(CC)N(C)c1ccc(C(=O)OC)cc1N. The summed E-state index contributed by atoms with van der Waals surface area (Å²) in [6.45, 7) is 4.31. The van der Waals surface area contributed by atoms with E-state index in [-0.39, 0.29) is 5.97 Å². The number of anilines is 2. The first-order valence-corrected chi connectivity index (χ1v) is 6.25. The Morgan fingerprint density at radius 3 is 2.44 bits per heavy atom. The Morgan fingerprint density at radius 2 is 2.00 bits per heavy atom. The summed E-state index contributed by atoms with van der Waals surface area (Å²) in [7, 11) is 3.39. The van der Waals surface area contributed by atoms with Gasteiger partial charge in [0.2, 0.25) is 0 Å². The summed E-state index contributed by atoms with van der Waals surface area (Å²) in [5.41, 5.74) is 8.05. The standard InChI is InChI=1S/C14H22N2O2/c1-5-11(6-2)16(3)13-8-7-10(9-12(13)15)14(17)18-4/h7-9,11H,5-6,15H2,1-4H3. The van der Waals surface area contributed by atoms with E-state index in [0.717, 1.165) is 18.5 Å². The molecule has 100 valence electrons. The molecule has 4 nitrogen and oxygen atoms in total. The molecule has 0 heterocycles. The molecule has 0 fully saturated rings. The van der Waals surface area contributed by atoms with Gasteiger partial charge in [0.1, 0.15) is 0 Å². The van der Waals surface area contributed by atoms with Crippen molar-refractivity contribution >= 4 is 17.3 Å². The highest BCUT2D eigenvalue weighted by atomic mass is 16.5. The van der Waals surface area contributed by atoms with Crippen LogP contribution in [0.3, 0.4) is 0 Å². The third-order valence-corrected chi connectivity index (χ3v) is 3.32.